The number of morpholine rings is 1. The highest BCUT2D eigenvalue weighted by atomic mass is 16.5. The van der Waals surface area contributed by atoms with Crippen molar-refractivity contribution in [1.29, 1.82) is 0 Å². The quantitative estimate of drug-likeness (QED) is 0.649. The van der Waals surface area contributed by atoms with E-state index in [9.17, 15) is 0 Å². The molecule has 2 N–H and O–H groups in total. The zero-order chi connectivity index (χ0) is 21.7. The van der Waals surface area contributed by atoms with E-state index in [-0.39, 0.29) is 6.04 Å². The molecule has 1 atom stereocenters. The molecule has 1 saturated heterocycles. The van der Waals surface area contributed by atoms with E-state index in [1.165, 1.54) is 27.6 Å². The van der Waals surface area contributed by atoms with Crippen LogP contribution in [0.2, 0.25) is 0 Å². The highest BCUT2D eigenvalue weighted by Crippen LogP contribution is 2.42. The van der Waals surface area contributed by atoms with Crippen molar-refractivity contribution in [3.05, 3.63) is 47.8 Å². The molecule has 3 aromatic rings. The lowest BCUT2D eigenvalue weighted by molar-refractivity contribution is 0.0365. The molecule has 0 saturated carbocycles. The molecule has 3 aliphatic heterocycles. The van der Waals surface area contributed by atoms with E-state index in [0.717, 1.165) is 56.7 Å². The number of fused-ring (bicyclic) bond motifs is 4. The van der Waals surface area contributed by atoms with Crippen LogP contribution < -0.4 is 10.2 Å². The van der Waals surface area contributed by atoms with Gasteiger partial charge in [-0.25, -0.2) is 10.0 Å². The van der Waals surface area contributed by atoms with Crippen molar-refractivity contribution >= 4 is 22.9 Å². The van der Waals surface area contributed by atoms with Crippen LogP contribution in [-0.4, -0.2) is 72.7 Å². The number of ether oxygens (including phenoxy) is 2. The fourth-order valence-corrected chi connectivity index (χ4v) is 4.99. The highest BCUT2D eigenvalue weighted by Gasteiger charge is 2.32. The number of methoxy groups -OCH3 is 1. The third-order valence-electron chi connectivity index (χ3n) is 6.74. The first-order valence-corrected chi connectivity index (χ1v) is 11.1. The average Bonchev–Trinajstić information content (AvgIpc) is 3.52. The van der Waals surface area contributed by atoms with E-state index >= 15 is 0 Å². The molecule has 1 aromatic carbocycles. The Morgan fingerprint density at radius 1 is 1.19 bits per heavy atom. The summed E-state index contributed by atoms with van der Waals surface area (Å²) in [5.74, 6) is 1.79. The van der Waals surface area contributed by atoms with Gasteiger partial charge in [-0.2, -0.15) is 0 Å². The lowest BCUT2D eigenvalue weighted by Crippen LogP contribution is -2.38. The Hall–Kier alpha value is -3.07. The normalized spacial score (nSPS) is 20.8. The molecule has 0 radical (unpaired) electrons. The summed E-state index contributed by atoms with van der Waals surface area (Å²) in [5.41, 5.74) is 9.12. The molecule has 0 aliphatic carbocycles. The third kappa shape index (κ3) is 3.23. The maximum absolute atomic E-state index is 5.54. The Balaban J connectivity index is 1.39. The first-order chi connectivity index (χ1) is 15.7. The van der Waals surface area contributed by atoms with Crippen molar-refractivity contribution in [2.45, 2.75) is 12.6 Å². The van der Waals surface area contributed by atoms with Gasteiger partial charge in [0.05, 0.1) is 26.4 Å². The summed E-state index contributed by atoms with van der Waals surface area (Å²) in [5, 5.41) is 3.30. The number of nitrogens with zero attached hydrogens (tertiary/aromatic N) is 4. The van der Waals surface area contributed by atoms with Crippen molar-refractivity contribution in [3.8, 4) is 17.0 Å². The number of aromatic amines is 1. The van der Waals surface area contributed by atoms with E-state index in [1.807, 2.05) is 18.5 Å². The van der Waals surface area contributed by atoms with Crippen molar-refractivity contribution in [2.75, 3.05) is 47.0 Å². The molecule has 6 rings (SSSR count). The van der Waals surface area contributed by atoms with Gasteiger partial charge in [-0.05, 0) is 24.3 Å². The summed E-state index contributed by atoms with van der Waals surface area (Å²) in [6, 6.07) is 8.75. The summed E-state index contributed by atoms with van der Waals surface area (Å²) in [4.78, 5) is 10.7. The number of likely N-dealkylation sites (N-methyl/N-ethyl adjacent to an activating group) is 1. The van der Waals surface area contributed by atoms with Crippen LogP contribution in [0.4, 0.5) is 5.82 Å². The van der Waals surface area contributed by atoms with Gasteiger partial charge in [0.25, 0.3) is 0 Å². The lowest BCUT2D eigenvalue weighted by atomic mass is 10.00. The topological polar surface area (TPSA) is 70.0 Å². The zero-order valence-electron chi connectivity index (χ0n) is 18.5. The number of nitrogens with one attached hydrogen (secondary N) is 2. The number of H-pyrrole nitrogens is 1. The molecule has 166 valence electrons. The summed E-state index contributed by atoms with van der Waals surface area (Å²) < 4.78 is 13.4. The Morgan fingerprint density at radius 2 is 2.06 bits per heavy atom. The van der Waals surface area contributed by atoms with Gasteiger partial charge in [-0.15, -0.1) is 0 Å². The second-order valence-corrected chi connectivity index (χ2v) is 8.61. The van der Waals surface area contributed by atoms with Crippen LogP contribution in [-0.2, 0) is 11.3 Å². The van der Waals surface area contributed by atoms with Crippen molar-refractivity contribution in [1.82, 2.24) is 24.9 Å². The smallest absolute Gasteiger partial charge is 0.135 e. The number of benzene rings is 1. The van der Waals surface area contributed by atoms with Gasteiger partial charge >= 0.3 is 0 Å². The predicted molar refractivity (Wildman–Crippen MR) is 125 cm³/mol. The Bertz CT molecular complexity index is 1220. The Labute approximate surface area is 187 Å². The van der Waals surface area contributed by atoms with Crippen LogP contribution in [0.15, 0.2) is 47.2 Å². The van der Waals surface area contributed by atoms with Gasteiger partial charge in [-0.1, -0.05) is 0 Å². The molecule has 1 fully saturated rings. The minimum atomic E-state index is 0.178. The first kappa shape index (κ1) is 19.6. The fraction of sp³-hybridized carbons (Fsp3) is 0.375. The van der Waals surface area contributed by atoms with Crippen molar-refractivity contribution in [3.63, 3.8) is 0 Å². The SMILES string of the molecule is COc1ccc2c(c1)c(-c1cc3c([nH]1)N=CC1=CNN(C)C13)cn2CCN1CCOCC1. The minimum Gasteiger partial charge on any atom is -0.497 e. The van der Waals surface area contributed by atoms with Gasteiger partial charge in [0.15, 0.2) is 0 Å². The van der Waals surface area contributed by atoms with Crippen LogP contribution >= 0.6 is 0 Å². The first-order valence-electron chi connectivity index (χ1n) is 11.1. The molecular formula is C24H28N6O2. The van der Waals surface area contributed by atoms with E-state index < -0.39 is 0 Å². The van der Waals surface area contributed by atoms with E-state index in [0.29, 0.717) is 0 Å². The van der Waals surface area contributed by atoms with E-state index in [1.54, 1.807) is 7.11 Å². The molecule has 1 unspecified atom stereocenters. The molecule has 0 amide bonds. The molecule has 5 heterocycles. The Kier molecular flexibility index (Phi) is 4.78. The van der Waals surface area contributed by atoms with Crippen molar-refractivity contribution < 1.29 is 9.47 Å². The maximum atomic E-state index is 5.54. The van der Waals surface area contributed by atoms with Gasteiger partial charge in [0.2, 0.25) is 0 Å². The summed E-state index contributed by atoms with van der Waals surface area (Å²) in [6.07, 6.45) is 6.23. The number of aliphatic imine (C=N–C) groups is 1. The Morgan fingerprint density at radius 3 is 2.91 bits per heavy atom. The number of hydrogen-bond donors (Lipinski definition) is 2. The fourth-order valence-electron chi connectivity index (χ4n) is 4.99. The van der Waals surface area contributed by atoms with E-state index in [4.69, 9.17) is 9.47 Å². The van der Waals surface area contributed by atoms with Gasteiger partial charge in [0.1, 0.15) is 11.6 Å². The molecule has 0 spiro atoms. The van der Waals surface area contributed by atoms with Gasteiger partial charge in [0, 0.05) is 85.1 Å². The van der Waals surface area contributed by atoms with Crippen LogP contribution in [0.5, 0.6) is 5.75 Å². The summed E-state index contributed by atoms with van der Waals surface area (Å²) >= 11 is 0. The molecule has 0 bridgehead atoms. The standard InChI is InChI=1S/C24H28N6O2/c1-28-23-16(14-26-28)13-25-24-19(23)12-21(27-24)20-15-30(6-5-29-7-9-32-10-8-29)22-4-3-17(31-2)11-18(20)22/h3-4,11-15,23,26-27H,5-10H2,1-2H3. The predicted octanol–water partition coefficient (Wildman–Crippen LogP) is 3.07. The van der Waals surface area contributed by atoms with E-state index in [2.05, 4.69) is 61.3 Å². The second-order valence-electron chi connectivity index (χ2n) is 8.61. The number of hydrazine groups is 1. The zero-order valence-corrected chi connectivity index (χ0v) is 18.5. The van der Waals surface area contributed by atoms with Crippen molar-refractivity contribution in [2.24, 2.45) is 4.99 Å². The van der Waals surface area contributed by atoms with Gasteiger partial charge in [-0.3, -0.25) is 4.90 Å². The van der Waals surface area contributed by atoms with Crippen LogP contribution in [0, 0.1) is 0 Å². The molecule has 8 nitrogen and oxygen atoms in total. The molecule has 32 heavy (non-hydrogen) atoms. The van der Waals surface area contributed by atoms with Gasteiger partial charge < -0.3 is 24.5 Å². The molecule has 3 aliphatic rings. The molecular weight excluding hydrogens is 404 g/mol. The number of rotatable bonds is 5. The summed E-state index contributed by atoms with van der Waals surface area (Å²) in [7, 11) is 3.78. The van der Waals surface area contributed by atoms with Crippen LogP contribution in [0.1, 0.15) is 11.6 Å². The monoisotopic (exact) mass is 432 g/mol. The molecule has 8 heteroatoms. The third-order valence-corrected chi connectivity index (χ3v) is 6.74. The maximum Gasteiger partial charge on any atom is 0.135 e. The van der Waals surface area contributed by atoms with Crippen LogP contribution in [0.25, 0.3) is 22.2 Å². The number of hydrogen-bond acceptors (Lipinski definition) is 6. The second kappa shape index (κ2) is 7.81. The van der Waals surface area contributed by atoms with Crippen LogP contribution in [0.3, 0.4) is 0 Å². The number of aromatic nitrogens is 2. The lowest BCUT2D eigenvalue weighted by Gasteiger charge is -2.26. The molecule has 2 aromatic heterocycles. The largest absolute Gasteiger partial charge is 0.497 e. The average molecular weight is 433 g/mol. The summed E-state index contributed by atoms with van der Waals surface area (Å²) in [6.45, 7) is 5.59. The highest BCUT2D eigenvalue weighted by molar-refractivity contribution is 5.97. The minimum absolute atomic E-state index is 0.178.